The van der Waals surface area contributed by atoms with Crippen molar-refractivity contribution in [3.8, 4) is 11.5 Å². The predicted molar refractivity (Wildman–Crippen MR) is 90.2 cm³/mol. The lowest BCUT2D eigenvalue weighted by molar-refractivity contribution is 0.0997. The van der Waals surface area contributed by atoms with Gasteiger partial charge >= 0.3 is 0 Å². The van der Waals surface area contributed by atoms with Crippen LogP contribution in [0.3, 0.4) is 0 Å². The number of carbonyl (C=O) groups is 1. The van der Waals surface area contributed by atoms with Crippen molar-refractivity contribution in [2.45, 2.75) is 0 Å². The molecule has 0 fully saturated rings. The molecule has 0 saturated carbocycles. The van der Waals surface area contributed by atoms with E-state index < -0.39 is 5.91 Å². The van der Waals surface area contributed by atoms with Gasteiger partial charge in [0.25, 0.3) is 5.91 Å². The molecule has 0 N–H and O–H groups in total. The van der Waals surface area contributed by atoms with Gasteiger partial charge in [0.2, 0.25) is 0 Å². The summed E-state index contributed by atoms with van der Waals surface area (Å²) in [6.07, 6.45) is 0. The molecule has 0 aliphatic rings. The Morgan fingerprint density at radius 1 is 1.17 bits per heavy atom. The number of hydrogen-bond donors (Lipinski definition) is 0. The molecule has 0 aliphatic heterocycles. The maximum absolute atomic E-state index is 13.9. The first-order valence-electron chi connectivity index (χ1n) is 7.10. The summed E-state index contributed by atoms with van der Waals surface area (Å²) in [5, 5.41) is 0. The first-order chi connectivity index (χ1) is 11.5. The number of benzene rings is 2. The normalized spacial score (nSPS) is 11.8. The van der Waals surface area contributed by atoms with E-state index in [-0.39, 0.29) is 5.82 Å². The lowest BCUT2D eigenvalue weighted by atomic mass is 10.2. The maximum atomic E-state index is 13.9. The molecule has 2 aromatic carbocycles. The fourth-order valence-electron chi connectivity index (χ4n) is 2.38. The Hall–Kier alpha value is -2.67. The summed E-state index contributed by atoms with van der Waals surface area (Å²) in [6.45, 7) is 0. The van der Waals surface area contributed by atoms with E-state index in [4.69, 9.17) is 9.47 Å². The number of aromatic nitrogens is 1. The van der Waals surface area contributed by atoms with Crippen molar-refractivity contribution in [2.75, 3.05) is 14.2 Å². The van der Waals surface area contributed by atoms with Crippen LogP contribution >= 0.6 is 11.3 Å². The topological polar surface area (TPSA) is 52.8 Å². The lowest BCUT2D eigenvalue weighted by Gasteiger charge is -2.07. The second-order valence-corrected chi connectivity index (χ2v) is 6.03. The SMILES string of the molecule is COc1ccc(C(=O)N=c2sc3cccc(F)c3n2C)cc1OC. The van der Waals surface area contributed by atoms with Crippen LogP contribution in [0.5, 0.6) is 11.5 Å². The summed E-state index contributed by atoms with van der Waals surface area (Å²) < 4.78 is 26.6. The number of carbonyl (C=O) groups excluding carboxylic acids is 1. The average Bonchev–Trinajstić information content (AvgIpc) is 2.91. The molecule has 0 saturated heterocycles. The minimum atomic E-state index is -0.432. The van der Waals surface area contributed by atoms with Gasteiger partial charge in [0.05, 0.1) is 24.4 Å². The van der Waals surface area contributed by atoms with E-state index in [1.54, 1.807) is 41.9 Å². The summed E-state index contributed by atoms with van der Waals surface area (Å²) in [6, 6.07) is 9.64. The van der Waals surface area contributed by atoms with Gasteiger partial charge in [-0.1, -0.05) is 17.4 Å². The molecule has 1 aromatic heterocycles. The number of ether oxygens (including phenoxy) is 2. The summed E-state index contributed by atoms with van der Waals surface area (Å²) in [5.41, 5.74) is 0.798. The van der Waals surface area contributed by atoms with Crippen LogP contribution in [0.4, 0.5) is 4.39 Å². The van der Waals surface area contributed by atoms with Gasteiger partial charge in [0.15, 0.2) is 16.3 Å². The molecule has 5 nitrogen and oxygen atoms in total. The maximum Gasteiger partial charge on any atom is 0.279 e. The molecule has 0 aliphatic carbocycles. The third-order valence-corrected chi connectivity index (χ3v) is 4.70. The molecule has 3 rings (SSSR count). The zero-order valence-corrected chi connectivity index (χ0v) is 14.2. The number of hydrogen-bond acceptors (Lipinski definition) is 4. The Bertz CT molecular complexity index is 991. The van der Waals surface area contributed by atoms with Crippen molar-refractivity contribution in [1.82, 2.24) is 4.57 Å². The largest absolute Gasteiger partial charge is 0.493 e. The Morgan fingerprint density at radius 2 is 1.92 bits per heavy atom. The highest BCUT2D eigenvalue weighted by Gasteiger charge is 2.12. The Labute approximate surface area is 141 Å². The third-order valence-electron chi connectivity index (χ3n) is 3.60. The monoisotopic (exact) mass is 346 g/mol. The van der Waals surface area contributed by atoms with Gasteiger partial charge in [-0.15, -0.1) is 0 Å². The smallest absolute Gasteiger partial charge is 0.279 e. The highest BCUT2D eigenvalue weighted by molar-refractivity contribution is 7.16. The van der Waals surface area contributed by atoms with E-state index in [1.807, 2.05) is 0 Å². The van der Waals surface area contributed by atoms with Crippen LogP contribution in [0, 0.1) is 5.82 Å². The van der Waals surface area contributed by atoms with Gasteiger partial charge in [-0.3, -0.25) is 4.79 Å². The number of halogens is 1. The van der Waals surface area contributed by atoms with E-state index in [0.717, 1.165) is 4.70 Å². The molecule has 124 valence electrons. The molecule has 1 heterocycles. The molecular weight excluding hydrogens is 331 g/mol. The van der Waals surface area contributed by atoms with E-state index in [0.29, 0.717) is 27.4 Å². The highest BCUT2D eigenvalue weighted by atomic mass is 32.1. The minimum absolute atomic E-state index is 0.341. The molecule has 0 radical (unpaired) electrons. The van der Waals surface area contributed by atoms with Crippen molar-refractivity contribution < 1.29 is 18.7 Å². The van der Waals surface area contributed by atoms with Crippen molar-refractivity contribution in [2.24, 2.45) is 12.0 Å². The minimum Gasteiger partial charge on any atom is -0.493 e. The fourth-order valence-corrected chi connectivity index (χ4v) is 3.42. The summed E-state index contributed by atoms with van der Waals surface area (Å²) in [4.78, 5) is 17.0. The fraction of sp³-hybridized carbons (Fsp3) is 0.176. The van der Waals surface area contributed by atoms with Crippen molar-refractivity contribution in [3.63, 3.8) is 0 Å². The van der Waals surface area contributed by atoms with E-state index in [2.05, 4.69) is 4.99 Å². The number of thiazole rings is 1. The van der Waals surface area contributed by atoms with Crippen LogP contribution in [0.2, 0.25) is 0 Å². The number of para-hydroxylation sites is 1. The zero-order chi connectivity index (χ0) is 17.3. The van der Waals surface area contributed by atoms with E-state index in [1.165, 1.54) is 31.6 Å². The standard InChI is InChI=1S/C17H15FN2O3S/c1-20-15-11(18)5-4-6-14(15)24-17(20)19-16(21)10-7-8-12(22-2)13(9-10)23-3/h4-9H,1-3H3. The highest BCUT2D eigenvalue weighted by Crippen LogP contribution is 2.27. The summed E-state index contributed by atoms with van der Waals surface area (Å²) >= 11 is 1.26. The van der Waals surface area contributed by atoms with Gasteiger partial charge in [-0.25, -0.2) is 4.39 Å². The van der Waals surface area contributed by atoms with Crippen LogP contribution in [0.25, 0.3) is 10.2 Å². The number of fused-ring (bicyclic) bond motifs is 1. The van der Waals surface area contributed by atoms with Gasteiger partial charge in [0.1, 0.15) is 5.82 Å². The summed E-state index contributed by atoms with van der Waals surface area (Å²) in [5.74, 6) is 0.207. The van der Waals surface area contributed by atoms with Gasteiger partial charge in [-0.05, 0) is 30.3 Å². The second kappa shape index (κ2) is 6.45. The average molecular weight is 346 g/mol. The summed E-state index contributed by atoms with van der Waals surface area (Å²) in [7, 11) is 4.70. The van der Waals surface area contributed by atoms with Crippen LogP contribution in [-0.2, 0) is 7.05 Å². The zero-order valence-electron chi connectivity index (χ0n) is 13.4. The van der Waals surface area contributed by atoms with Crippen molar-refractivity contribution >= 4 is 27.5 Å². The number of aryl methyl sites for hydroxylation is 1. The Kier molecular flexibility index (Phi) is 4.35. The molecule has 0 spiro atoms. The molecule has 0 atom stereocenters. The number of amides is 1. The van der Waals surface area contributed by atoms with Crippen LogP contribution in [-0.4, -0.2) is 24.7 Å². The lowest BCUT2D eigenvalue weighted by Crippen LogP contribution is -2.13. The van der Waals surface area contributed by atoms with Gasteiger partial charge < -0.3 is 14.0 Å². The van der Waals surface area contributed by atoms with Crippen LogP contribution in [0.1, 0.15) is 10.4 Å². The number of methoxy groups -OCH3 is 2. The van der Waals surface area contributed by atoms with Crippen LogP contribution < -0.4 is 14.3 Å². The predicted octanol–water partition coefficient (Wildman–Crippen LogP) is 3.14. The molecule has 1 amide bonds. The molecule has 0 bridgehead atoms. The number of rotatable bonds is 3. The van der Waals surface area contributed by atoms with Crippen LogP contribution in [0.15, 0.2) is 41.4 Å². The molecule has 3 aromatic rings. The molecular formula is C17H15FN2O3S. The first-order valence-corrected chi connectivity index (χ1v) is 7.92. The Balaban J connectivity index is 2.07. The van der Waals surface area contributed by atoms with Crippen molar-refractivity contribution in [1.29, 1.82) is 0 Å². The van der Waals surface area contributed by atoms with Gasteiger partial charge in [-0.2, -0.15) is 4.99 Å². The quantitative estimate of drug-likeness (QED) is 0.732. The second-order valence-electron chi connectivity index (χ2n) is 5.02. The Morgan fingerprint density at radius 3 is 2.58 bits per heavy atom. The first kappa shape index (κ1) is 16.2. The molecule has 7 heteroatoms. The molecule has 24 heavy (non-hydrogen) atoms. The third kappa shape index (κ3) is 2.78. The van der Waals surface area contributed by atoms with E-state index in [9.17, 15) is 9.18 Å². The van der Waals surface area contributed by atoms with Crippen molar-refractivity contribution in [3.05, 3.63) is 52.6 Å². The number of nitrogens with zero attached hydrogens (tertiary/aromatic N) is 2. The van der Waals surface area contributed by atoms with Gasteiger partial charge in [0, 0.05) is 12.6 Å². The molecule has 0 unspecified atom stereocenters. The van der Waals surface area contributed by atoms with E-state index >= 15 is 0 Å².